The Morgan fingerprint density at radius 3 is 2.56 bits per heavy atom. The van der Waals surface area contributed by atoms with Gasteiger partial charge in [-0.3, -0.25) is 4.79 Å². The number of rotatable bonds is 2. The standard InChI is InChI=1S/C24H25FN4O5/c1-22(2,3)34-21(31)28-20-29-24(13-33-20)16-10-15(5-7-18(16)32-12-23(24)8-9-23)27-19(30)17-6-4-14(25)11-26-17/h4-7,10-11H,8-9,12-13H2,1-3H3,(H,27,30)(H,28,29,31). The molecular formula is C24H25FN4O5. The van der Waals surface area contributed by atoms with E-state index >= 15 is 0 Å². The molecule has 0 radical (unpaired) electrons. The zero-order valence-corrected chi connectivity index (χ0v) is 19.1. The Labute approximate surface area is 195 Å². The van der Waals surface area contributed by atoms with Crippen LogP contribution in [0.2, 0.25) is 0 Å². The van der Waals surface area contributed by atoms with Crippen molar-refractivity contribution in [1.29, 1.82) is 0 Å². The summed E-state index contributed by atoms with van der Waals surface area (Å²) in [6, 6.07) is 7.89. The third-order valence-electron chi connectivity index (χ3n) is 6.20. The number of alkyl carbamates (subject to hydrolysis) is 1. The minimum Gasteiger partial charge on any atom is -0.493 e. The number of pyridine rings is 1. The van der Waals surface area contributed by atoms with Crippen LogP contribution in [0.4, 0.5) is 14.9 Å². The number of carbonyl (C=O) groups excluding carboxylic acids is 2. The van der Waals surface area contributed by atoms with E-state index in [0.29, 0.717) is 18.0 Å². The lowest BCUT2D eigenvalue weighted by Crippen LogP contribution is -2.44. The number of nitrogens with one attached hydrogen (secondary N) is 2. The van der Waals surface area contributed by atoms with Gasteiger partial charge in [-0.2, -0.15) is 0 Å². The fourth-order valence-electron chi connectivity index (χ4n) is 4.37. The first-order chi connectivity index (χ1) is 16.1. The molecule has 10 heteroatoms. The molecule has 0 saturated heterocycles. The molecule has 178 valence electrons. The van der Waals surface area contributed by atoms with Crippen LogP contribution in [0.15, 0.2) is 41.5 Å². The number of carbonyl (C=O) groups is 2. The van der Waals surface area contributed by atoms with Crippen molar-refractivity contribution in [2.45, 2.75) is 44.8 Å². The number of amidine groups is 1. The molecule has 1 aliphatic carbocycles. The summed E-state index contributed by atoms with van der Waals surface area (Å²) < 4.78 is 30.3. The summed E-state index contributed by atoms with van der Waals surface area (Å²) in [5, 5.41) is 5.39. The van der Waals surface area contributed by atoms with E-state index in [1.165, 1.54) is 12.1 Å². The summed E-state index contributed by atoms with van der Waals surface area (Å²) in [5.74, 6) is -0.347. The van der Waals surface area contributed by atoms with Gasteiger partial charge >= 0.3 is 6.09 Å². The van der Waals surface area contributed by atoms with Gasteiger partial charge in [-0.15, -0.1) is 0 Å². The van der Waals surface area contributed by atoms with Crippen LogP contribution in [0, 0.1) is 11.2 Å². The van der Waals surface area contributed by atoms with Crippen LogP contribution in [0.5, 0.6) is 5.75 Å². The number of amides is 2. The van der Waals surface area contributed by atoms with Gasteiger partial charge in [0.05, 0.1) is 12.8 Å². The van der Waals surface area contributed by atoms with Crippen molar-refractivity contribution in [3.05, 3.63) is 53.6 Å². The molecule has 9 nitrogen and oxygen atoms in total. The minimum absolute atomic E-state index is 0.0924. The number of anilines is 1. The molecule has 5 rings (SSSR count). The van der Waals surface area contributed by atoms with Crippen LogP contribution >= 0.6 is 0 Å². The van der Waals surface area contributed by atoms with Crippen molar-refractivity contribution >= 4 is 23.7 Å². The van der Waals surface area contributed by atoms with E-state index < -0.39 is 29.0 Å². The highest BCUT2D eigenvalue weighted by molar-refractivity contribution is 6.03. The summed E-state index contributed by atoms with van der Waals surface area (Å²) in [6.07, 6.45) is 2.14. The Kier molecular flexibility index (Phi) is 5.00. The highest BCUT2D eigenvalue weighted by Gasteiger charge is 2.66. The maximum absolute atomic E-state index is 13.1. The number of aliphatic imine (C=N–C) groups is 1. The van der Waals surface area contributed by atoms with Crippen LogP contribution in [-0.4, -0.2) is 41.8 Å². The smallest absolute Gasteiger partial charge is 0.415 e. The van der Waals surface area contributed by atoms with Crippen LogP contribution < -0.4 is 15.4 Å². The number of nitrogens with zero attached hydrogens (tertiary/aromatic N) is 2. The van der Waals surface area contributed by atoms with Crippen LogP contribution in [0.25, 0.3) is 0 Å². The van der Waals surface area contributed by atoms with Gasteiger partial charge in [0.25, 0.3) is 11.9 Å². The second-order valence-electron chi connectivity index (χ2n) is 9.79. The molecule has 2 amide bonds. The average molecular weight is 468 g/mol. The van der Waals surface area contributed by atoms with E-state index in [9.17, 15) is 14.0 Å². The Morgan fingerprint density at radius 2 is 1.88 bits per heavy atom. The molecule has 1 aromatic heterocycles. The Balaban J connectivity index is 1.44. The Morgan fingerprint density at radius 1 is 1.09 bits per heavy atom. The zero-order chi connectivity index (χ0) is 24.1. The van der Waals surface area contributed by atoms with E-state index in [1.54, 1.807) is 39.0 Å². The molecule has 0 bridgehead atoms. The second kappa shape index (κ2) is 7.68. The molecule has 1 fully saturated rings. The molecule has 2 spiro atoms. The first-order valence-corrected chi connectivity index (χ1v) is 11.0. The molecule has 1 unspecified atom stereocenters. The molecule has 2 aromatic rings. The van der Waals surface area contributed by atoms with Crippen molar-refractivity contribution in [1.82, 2.24) is 10.3 Å². The van der Waals surface area contributed by atoms with E-state index in [1.807, 2.05) is 0 Å². The van der Waals surface area contributed by atoms with Gasteiger partial charge in [-0.05, 0) is 63.9 Å². The topological polar surface area (TPSA) is 111 Å². The minimum atomic E-state index is -0.764. The average Bonchev–Trinajstić information content (AvgIpc) is 3.44. The molecule has 2 aliphatic heterocycles. The normalized spacial score (nSPS) is 21.7. The van der Waals surface area contributed by atoms with Gasteiger partial charge in [0.1, 0.15) is 35.0 Å². The summed E-state index contributed by atoms with van der Waals surface area (Å²) in [4.78, 5) is 33.5. The van der Waals surface area contributed by atoms with Gasteiger partial charge in [-0.25, -0.2) is 24.5 Å². The fourth-order valence-corrected chi connectivity index (χ4v) is 4.37. The lowest BCUT2D eigenvalue weighted by molar-refractivity contribution is 0.0546. The number of halogens is 1. The predicted octanol–water partition coefficient (Wildman–Crippen LogP) is 3.75. The van der Waals surface area contributed by atoms with E-state index in [4.69, 9.17) is 19.2 Å². The molecule has 34 heavy (non-hydrogen) atoms. The van der Waals surface area contributed by atoms with Gasteiger partial charge < -0.3 is 19.5 Å². The number of hydrogen-bond donors (Lipinski definition) is 2. The highest BCUT2D eigenvalue weighted by Crippen LogP contribution is 2.65. The van der Waals surface area contributed by atoms with Crippen molar-refractivity contribution in [3.8, 4) is 5.75 Å². The third kappa shape index (κ3) is 3.93. The van der Waals surface area contributed by atoms with Gasteiger partial charge in [0.15, 0.2) is 0 Å². The highest BCUT2D eigenvalue weighted by atomic mass is 19.1. The summed E-state index contributed by atoms with van der Waals surface area (Å²) >= 11 is 0. The summed E-state index contributed by atoms with van der Waals surface area (Å²) in [5.41, 5.74) is -0.300. The van der Waals surface area contributed by atoms with Gasteiger partial charge in [0.2, 0.25) is 0 Å². The maximum atomic E-state index is 13.1. The monoisotopic (exact) mass is 468 g/mol. The molecular weight excluding hydrogens is 443 g/mol. The number of ether oxygens (including phenoxy) is 3. The molecule has 3 heterocycles. The predicted molar refractivity (Wildman–Crippen MR) is 120 cm³/mol. The van der Waals surface area contributed by atoms with Gasteiger partial charge in [-0.1, -0.05) is 0 Å². The molecule has 1 aromatic carbocycles. The number of hydrogen-bond acceptors (Lipinski definition) is 7. The lowest BCUT2D eigenvalue weighted by Gasteiger charge is -2.39. The lowest BCUT2D eigenvalue weighted by atomic mass is 9.74. The van der Waals surface area contributed by atoms with Crippen molar-refractivity contribution in [2.75, 3.05) is 18.5 Å². The van der Waals surface area contributed by atoms with E-state index in [-0.39, 0.29) is 23.7 Å². The third-order valence-corrected chi connectivity index (χ3v) is 6.20. The summed E-state index contributed by atoms with van der Waals surface area (Å²) in [7, 11) is 0. The Bertz CT molecular complexity index is 1190. The van der Waals surface area contributed by atoms with E-state index in [0.717, 1.165) is 24.6 Å². The van der Waals surface area contributed by atoms with Crippen LogP contribution in [0.1, 0.15) is 49.7 Å². The Hall–Kier alpha value is -3.69. The largest absolute Gasteiger partial charge is 0.493 e. The molecule has 1 atom stereocenters. The van der Waals surface area contributed by atoms with Crippen LogP contribution in [-0.2, 0) is 15.0 Å². The number of fused-ring (bicyclic) bond motifs is 3. The van der Waals surface area contributed by atoms with Gasteiger partial charge in [0, 0.05) is 16.7 Å². The summed E-state index contributed by atoms with van der Waals surface area (Å²) in [6.45, 7) is 6.03. The van der Waals surface area contributed by atoms with Crippen molar-refractivity contribution in [2.24, 2.45) is 10.4 Å². The SMILES string of the molecule is CC(C)(C)OC(=O)NC1=NC2(CO1)c1cc(NC(=O)c3ccc(F)cn3)ccc1OCC21CC1. The first kappa shape index (κ1) is 22.1. The van der Waals surface area contributed by atoms with Crippen molar-refractivity contribution in [3.63, 3.8) is 0 Å². The van der Waals surface area contributed by atoms with Crippen LogP contribution in [0.3, 0.4) is 0 Å². The number of benzene rings is 1. The quantitative estimate of drug-likeness (QED) is 0.695. The second-order valence-corrected chi connectivity index (χ2v) is 9.79. The maximum Gasteiger partial charge on any atom is 0.415 e. The number of aromatic nitrogens is 1. The van der Waals surface area contributed by atoms with E-state index in [2.05, 4.69) is 15.6 Å². The first-order valence-electron chi connectivity index (χ1n) is 11.0. The molecule has 2 N–H and O–H groups in total. The van der Waals surface area contributed by atoms with Crippen molar-refractivity contribution < 1.29 is 28.2 Å². The fraction of sp³-hybridized carbons (Fsp3) is 0.417. The zero-order valence-electron chi connectivity index (χ0n) is 19.1. The molecule has 3 aliphatic rings. The molecule has 1 saturated carbocycles.